The summed E-state index contributed by atoms with van der Waals surface area (Å²) in [7, 11) is 0. The van der Waals surface area contributed by atoms with Gasteiger partial charge in [0.15, 0.2) is 0 Å². The molecule has 0 aromatic heterocycles. The van der Waals surface area contributed by atoms with Crippen molar-refractivity contribution in [3.63, 3.8) is 0 Å². The number of piperidine rings is 1. The highest BCUT2D eigenvalue weighted by Crippen LogP contribution is 2.38. The minimum Gasteiger partial charge on any atom is -0.395 e. The Morgan fingerprint density at radius 1 is 1.17 bits per heavy atom. The van der Waals surface area contributed by atoms with Crippen LogP contribution in [0.25, 0.3) is 0 Å². The van der Waals surface area contributed by atoms with Crippen molar-refractivity contribution in [1.29, 1.82) is 0 Å². The third-order valence-corrected chi connectivity index (χ3v) is 5.34. The van der Waals surface area contributed by atoms with Gasteiger partial charge in [-0.15, -0.1) is 0 Å². The fraction of sp³-hybridized carbons (Fsp3) is 0.579. The standard InChI is InChI=1S/C19H26N2O3/c1-15-4-6-16(7-5-15)14-17(23)21-11-3-9-19(21)8-2-10-20(12-13-22)18(19)24/h4-7,22H,2-3,8-14H2,1H3. The van der Waals surface area contributed by atoms with Crippen LogP contribution < -0.4 is 0 Å². The van der Waals surface area contributed by atoms with Gasteiger partial charge in [-0.2, -0.15) is 0 Å². The molecule has 130 valence electrons. The van der Waals surface area contributed by atoms with Crippen LogP contribution >= 0.6 is 0 Å². The van der Waals surface area contributed by atoms with Crippen LogP contribution in [0.1, 0.15) is 36.8 Å². The molecule has 0 radical (unpaired) electrons. The van der Waals surface area contributed by atoms with E-state index in [-0.39, 0.29) is 18.4 Å². The molecule has 1 atom stereocenters. The van der Waals surface area contributed by atoms with E-state index in [1.54, 1.807) is 4.90 Å². The lowest BCUT2D eigenvalue weighted by atomic mass is 9.85. The molecule has 2 amide bonds. The number of aryl methyl sites for hydroxylation is 1. The fourth-order valence-electron chi connectivity index (χ4n) is 4.10. The summed E-state index contributed by atoms with van der Waals surface area (Å²) in [5.41, 5.74) is 1.49. The Morgan fingerprint density at radius 3 is 2.50 bits per heavy atom. The van der Waals surface area contributed by atoms with Gasteiger partial charge >= 0.3 is 0 Å². The largest absolute Gasteiger partial charge is 0.395 e. The average molecular weight is 330 g/mol. The summed E-state index contributed by atoms with van der Waals surface area (Å²) in [6.07, 6.45) is 3.59. The summed E-state index contributed by atoms with van der Waals surface area (Å²) in [6, 6.07) is 7.99. The van der Waals surface area contributed by atoms with E-state index < -0.39 is 5.54 Å². The number of benzene rings is 1. The second-order valence-electron chi connectivity index (χ2n) is 6.96. The van der Waals surface area contributed by atoms with E-state index in [4.69, 9.17) is 0 Å². The van der Waals surface area contributed by atoms with Crippen LogP contribution in [0.15, 0.2) is 24.3 Å². The van der Waals surface area contributed by atoms with E-state index >= 15 is 0 Å². The van der Waals surface area contributed by atoms with Crippen molar-refractivity contribution in [2.24, 2.45) is 0 Å². The third-order valence-electron chi connectivity index (χ3n) is 5.34. The predicted molar refractivity (Wildman–Crippen MR) is 91.5 cm³/mol. The van der Waals surface area contributed by atoms with Crippen LogP contribution in [0.2, 0.25) is 0 Å². The lowest BCUT2D eigenvalue weighted by molar-refractivity contribution is -0.155. The molecule has 1 N–H and O–H groups in total. The minimum absolute atomic E-state index is 0.0255. The number of aliphatic hydroxyl groups is 1. The second kappa shape index (κ2) is 6.93. The smallest absolute Gasteiger partial charge is 0.248 e. The highest BCUT2D eigenvalue weighted by molar-refractivity contribution is 5.93. The minimum atomic E-state index is -0.671. The molecule has 0 bridgehead atoms. The number of carbonyl (C=O) groups is 2. The van der Waals surface area contributed by atoms with Crippen LogP contribution in [0.3, 0.4) is 0 Å². The molecule has 2 aliphatic rings. The Morgan fingerprint density at radius 2 is 1.83 bits per heavy atom. The fourth-order valence-corrected chi connectivity index (χ4v) is 4.10. The van der Waals surface area contributed by atoms with Crippen molar-refractivity contribution in [2.75, 3.05) is 26.2 Å². The number of hydrogen-bond acceptors (Lipinski definition) is 3. The molecule has 2 fully saturated rings. The van der Waals surface area contributed by atoms with E-state index in [1.807, 2.05) is 36.1 Å². The molecule has 1 aromatic carbocycles. The molecular weight excluding hydrogens is 304 g/mol. The molecule has 1 unspecified atom stereocenters. The monoisotopic (exact) mass is 330 g/mol. The molecular formula is C19H26N2O3. The summed E-state index contributed by atoms with van der Waals surface area (Å²) in [5, 5.41) is 9.19. The van der Waals surface area contributed by atoms with E-state index in [0.717, 1.165) is 31.2 Å². The van der Waals surface area contributed by atoms with Gasteiger partial charge in [0.1, 0.15) is 5.54 Å². The highest BCUT2D eigenvalue weighted by Gasteiger charge is 2.52. The van der Waals surface area contributed by atoms with Gasteiger partial charge in [0, 0.05) is 19.6 Å². The zero-order chi connectivity index (χ0) is 17.2. The average Bonchev–Trinajstić information content (AvgIpc) is 2.99. The summed E-state index contributed by atoms with van der Waals surface area (Å²) < 4.78 is 0. The Kier molecular flexibility index (Phi) is 4.90. The first-order valence-electron chi connectivity index (χ1n) is 8.83. The van der Waals surface area contributed by atoms with E-state index in [1.165, 1.54) is 5.56 Å². The third kappa shape index (κ3) is 3.05. The van der Waals surface area contributed by atoms with Crippen LogP contribution in [-0.2, 0) is 16.0 Å². The maximum absolute atomic E-state index is 13.0. The molecule has 1 spiro atoms. The number of rotatable bonds is 4. The zero-order valence-corrected chi connectivity index (χ0v) is 14.3. The normalized spacial score (nSPS) is 24.0. The SMILES string of the molecule is Cc1ccc(CC(=O)N2CCCC23CCCN(CCO)C3=O)cc1. The molecule has 1 aromatic rings. The lowest BCUT2D eigenvalue weighted by Gasteiger charge is -2.44. The van der Waals surface area contributed by atoms with Crippen LogP contribution in [0, 0.1) is 6.92 Å². The highest BCUT2D eigenvalue weighted by atomic mass is 16.3. The summed E-state index contributed by atoms with van der Waals surface area (Å²) in [6.45, 7) is 3.70. The lowest BCUT2D eigenvalue weighted by Crippen LogP contribution is -2.61. The molecule has 0 aliphatic carbocycles. The first kappa shape index (κ1) is 17.0. The number of hydrogen-bond donors (Lipinski definition) is 1. The van der Waals surface area contributed by atoms with Gasteiger partial charge in [-0.25, -0.2) is 0 Å². The topological polar surface area (TPSA) is 60.9 Å². The predicted octanol–water partition coefficient (Wildman–Crippen LogP) is 1.51. The molecule has 5 nitrogen and oxygen atoms in total. The quantitative estimate of drug-likeness (QED) is 0.910. The molecule has 2 aliphatic heterocycles. The molecule has 5 heteroatoms. The number of nitrogens with zero attached hydrogens (tertiary/aromatic N) is 2. The zero-order valence-electron chi connectivity index (χ0n) is 14.3. The van der Waals surface area contributed by atoms with E-state index in [2.05, 4.69) is 0 Å². The van der Waals surface area contributed by atoms with Gasteiger partial charge in [-0.05, 0) is 38.2 Å². The maximum atomic E-state index is 13.0. The Bertz CT molecular complexity index is 612. The van der Waals surface area contributed by atoms with Gasteiger partial charge in [0.25, 0.3) is 0 Å². The van der Waals surface area contributed by atoms with Crippen molar-refractivity contribution in [2.45, 2.75) is 44.6 Å². The van der Waals surface area contributed by atoms with Crippen molar-refractivity contribution < 1.29 is 14.7 Å². The van der Waals surface area contributed by atoms with Gasteiger partial charge < -0.3 is 14.9 Å². The number of carbonyl (C=O) groups excluding carboxylic acids is 2. The molecule has 2 saturated heterocycles. The van der Waals surface area contributed by atoms with Gasteiger partial charge in [0.05, 0.1) is 13.0 Å². The second-order valence-corrected chi connectivity index (χ2v) is 6.96. The van der Waals surface area contributed by atoms with Crippen molar-refractivity contribution in [1.82, 2.24) is 9.80 Å². The molecule has 24 heavy (non-hydrogen) atoms. The van der Waals surface area contributed by atoms with Crippen LogP contribution in [0.5, 0.6) is 0 Å². The number of amides is 2. The Labute approximate surface area is 143 Å². The Hall–Kier alpha value is -1.88. The first-order chi connectivity index (χ1) is 11.6. The van der Waals surface area contributed by atoms with Crippen LogP contribution in [-0.4, -0.2) is 58.5 Å². The molecule has 0 saturated carbocycles. The summed E-state index contributed by atoms with van der Waals surface area (Å²) in [5.74, 6) is 0.0631. The van der Waals surface area contributed by atoms with Crippen molar-refractivity contribution in [3.8, 4) is 0 Å². The number of aliphatic hydroxyl groups excluding tert-OH is 1. The number of likely N-dealkylation sites (tertiary alicyclic amines) is 2. The van der Waals surface area contributed by atoms with E-state index in [9.17, 15) is 14.7 Å². The molecule has 2 heterocycles. The van der Waals surface area contributed by atoms with Gasteiger partial charge in [-0.1, -0.05) is 29.8 Å². The van der Waals surface area contributed by atoms with Crippen molar-refractivity contribution in [3.05, 3.63) is 35.4 Å². The number of β-amino-alcohol motifs (C(OH)–C–C–N with tert-alkyl or cyclic N) is 1. The van der Waals surface area contributed by atoms with Gasteiger partial charge in [0.2, 0.25) is 11.8 Å². The summed E-state index contributed by atoms with van der Waals surface area (Å²) >= 11 is 0. The van der Waals surface area contributed by atoms with E-state index in [0.29, 0.717) is 26.1 Å². The Balaban J connectivity index is 1.77. The van der Waals surface area contributed by atoms with Gasteiger partial charge in [-0.3, -0.25) is 9.59 Å². The molecule has 3 rings (SSSR count). The van der Waals surface area contributed by atoms with Crippen LogP contribution in [0.4, 0.5) is 0 Å². The summed E-state index contributed by atoms with van der Waals surface area (Å²) in [4.78, 5) is 29.4. The first-order valence-corrected chi connectivity index (χ1v) is 8.83. The maximum Gasteiger partial charge on any atom is 0.248 e. The van der Waals surface area contributed by atoms with Crippen molar-refractivity contribution >= 4 is 11.8 Å².